The van der Waals surface area contributed by atoms with Gasteiger partial charge < -0.3 is 9.67 Å². The van der Waals surface area contributed by atoms with Crippen LogP contribution in [0, 0.1) is 12.8 Å². The van der Waals surface area contributed by atoms with E-state index in [1.165, 1.54) is 5.56 Å². The number of benzene rings is 1. The minimum Gasteiger partial charge on any atom is -0.481 e. The first-order chi connectivity index (χ1) is 9.58. The van der Waals surface area contributed by atoms with E-state index in [9.17, 15) is 9.90 Å². The summed E-state index contributed by atoms with van der Waals surface area (Å²) in [5.74, 6) is -0.281. The van der Waals surface area contributed by atoms with Crippen molar-refractivity contribution in [3.63, 3.8) is 0 Å². The number of rotatable bonds is 2. The van der Waals surface area contributed by atoms with Crippen LogP contribution in [0.3, 0.4) is 0 Å². The maximum absolute atomic E-state index is 11.4. The number of allylic oxidation sites excluding steroid dienone is 2. The summed E-state index contributed by atoms with van der Waals surface area (Å²) in [7, 11) is 1.97. The van der Waals surface area contributed by atoms with Gasteiger partial charge >= 0.3 is 5.97 Å². The fraction of sp³-hybridized carbons (Fsp3) is 0.375. The first-order valence-electron chi connectivity index (χ1n) is 6.88. The van der Waals surface area contributed by atoms with E-state index in [-0.39, 0.29) is 11.8 Å². The van der Waals surface area contributed by atoms with Crippen LogP contribution in [0.2, 0.25) is 0 Å². The monoisotopic (exact) mass is 270 g/mol. The van der Waals surface area contributed by atoms with Gasteiger partial charge in [0.25, 0.3) is 0 Å². The molecular formula is C16H18N2O2. The van der Waals surface area contributed by atoms with Gasteiger partial charge in [-0.1, -0.05) is 18.2 Å². The summed E-state index contributed by atoms with van der Waals surface area (Å²) in [5, 5.41) is 9.41. The summed E-state index contributed by atoms with van der Waals surface area (Å²) < 4.78 is 2.04. The van der Waals surface area contributed by atoms with Gasteiger partial charge in [0.1, 0.15) is 5.82 Å². The number of fused-ring (bicyclic) bond motifs is 1. The molecule has 20 heavy (non-hydrogen) atoms. The number of carboxylic acid groups (broad SMARTS) is 1. The zero-order valence-corrected chi connectivity index (χ0v) is 11.7. The van der Waals surface area contributed by atoms with E-state index < -0.39 is 5.97 Å². The van der Waals surface area contributed by atoms with Crippen molar-refractivity contribution in [1.29, 1.82) is 0 Å². The Labute approximate surface area is 117 Å². The normalized spacial score (nSPS) is 22.3. The standard InChI is InChI=1S/C16H18N2O2/c1-10-7-8-14-13(9-10)17-15(18(14)2)11-5-3-4-6-12(11)16(19)20/h3-4,7-9,11-12H,5-6H2,1-2H3,(H,19,20)/t11-,12+/m1/s1. The molecule has 1 heterocycles. The molecule has 1 aromatic carbocycles. The molecule has 4 heteroatoms. The van der Waals surface area contributed by atoms with E-state index in [4.69, 9.17) is 4.98 Å². The molecule has 2 atom stereocenters. The number of imidazole rings is 1. The molecule has 3 rings (SSSR count). The van der Waals surface area contributed by atoms with Crippen molar-refractivity contribution in [3.8, 4) is 0 Å². The number of hydrogen-bond acceptors (Lipinski definition) is 2. The first-order valence-corrected chi connectivity index (χ1v) is 6.88. The van der Waals surface area contributed by atoms with Crippen LogP contribution in [0.15, 0.2) is 30.4 Å². The number of hydrogen-bond donors (Lipinski definition) is 1. The molecule has 0 unspecified atom stereocenters. The summed E-state index contributed by atoms with van der Waals surface area (Å²) in [4.78, 5) is 16.1. The van der Waals surface area contributed by atoms with Gasteiger partial charge in [0.2, 0.25) is 0 Å². The molecule has 0 radical (unpaired) electrons. The van der Waals surface area contributed by atoms with Crippen molar-refractivity contribution in [2.45, 2.75) is 25.7 Å². The third-order valence-corrected chi connectivity index (χ3v) is 4.15. The highest BCUT2D eigenvalue weighted by Crippen LogP contribution is 2.35. The topological polar surface area (TPSA) is 55.1 Å². The van der Waals surface area contributed by atoms with Gasteiger partial charge in [0.05, 0.1) is 17.0 Å². The Morgan fingerprint density at radius 2 is 2.10 bits per heavy atom. The third kappa shape index (κ3) is 2.01. The van der Waals surface area contributed by atoms with E-state index in [1.807, 2.05) is 30.7 Å². The second-order valence-electron chi connectivity index (χ2n) is 5.52. The second kappa shape index (κ2) is 4.78. The molecule has 0 aliphatic heterocycles. The Kier molecular flexibility index (Phi) is 3.08. The van der Waals surface area contributed by atoms with Crippen molar-refractivity contribution >= 4 is 17.0 Å². The molecule has 0 saturated carbocycles. The van der Waals surface area contributed by atoms with Crippen molar-refractivity contribution in [3.05, 3.63) is 41.7 Å². The Bertz CT molecular complexity index is 700. The molecule has 1 aliphatic carbocycles. The number of aromatic nitrogens is 2. The minimum absolute atomic E-state index is 0.0461. The molecule has 1 aliphatic rings. The highest BCUT2D eigenvalue weighted by Gasteiger charge is 2.32. The lowest BCUT2D eigenvalue weighted by Gasteiger charge is -2.24. The molecular weight excluding hydrogens is 252 g/mol. The number of aliphatic carboxylic acids is 1. The molecule has 0 amide bonds. The summed E-state index contributed by atoms with van der Waals surface area (Å²) in [6.07, 6.45) is 5.35. The minimum atomic E-state index is -0.734. The Balaban J connectivity index is 2.11. The van der Waals surface area contributed by atoms with E-state index in [1.54, 1.807) is 0 Å². The van der Waals surface area contributed by atoms with Gasteiger partial charge in [-0.15, -0.1) is 0 Å². The lowest BCUT2D eigenvalue weighted by atomic mass is 9.82. The van der Waals surface area contributed by atoms with Crippen LogP contribution in [-0.2, 0) is 11.8 Å². The summed E-state index contributed by atoms with van der Waals surface area (Å²) in [6.45, 7) is 2.04. The molecule has 0 spiro atoms. The van der Waals surface area contributed by atoms with Crippen LogP contribution in [0.25, 0.3) is 11.0 Å². The smallest absolute Gasteiger partial charge is 0.307 e. The van der Waals surface area contributed by atoms with Gasteiger partial charge in [-0.05, 0) is 37.5 Å². The molecule has 104 valence electrons. The lowest BCUT2D eigenvalue weighted by molar-refractivity contribution is -0.142. The molecule has 4 nitrogen and oxygen atoms in total. The molecule has 1 aromatic heterocycles. The maximum Gasteiger partial charge on any atom is 0.307 e. The van der Waals surface area contributed by atoms with Gasteiger partial charge in [-0.2, -0.15) is 0 Å². The number of carbonyl (C=O) groups is 1. The van der Waals surface area contributed by atoms with Gasteiger partial charge in [-0.25, -0.2) is 4.98 Å². The highest BCUT2D eigenvalue weighted by atomic mass is 16.4. The summed E-state index contributed by atoms with van der Waals surface area (Å²) in [6, 6.07) is 6.16. The fourth-order valence-electron chi connectivity index (χ4n) is 3.03. The van der Waals surface area contributed by atoms with Crippen molar-refractivity contribution in [1.82, 2.24) is 9.55 Å². The van der Waals surface area contributed by atoms with E-state index >= 15 is 0 Å². The molecule has 0 fully saturated rings. The van der Waals surface area contributed by atoms with Gasteiger partial charge in [0.15, 0.2) is 0 Å². The van der Waals surface area contributed by atoms with Crippen LogP contribution in [-0.4, -0.2) is 20.6 Å². The van der Waals surface area contributed by atoms with Crippen molar-refractivity contribution in [2.24, 2.45) is 13.0 Å². The van der Waals surface area contributed by atoms with Crippen LogP contribution >= 0.6 is 0 Å². The van der Waals surface area contributed by atoms with Crippen molar-refractivity contribution < 1.29 is 9.90 Å². The summed E-state index contributed by atoms with van der Waals surface area (Å²) >= 11 is 0. The largest absolute Gasteiger partial charge is 0.481 e. The Hall–Kier alpha value is -2.10. The molecule has 0 bridgehead atoms. The van der Waals surface area contributed by atoms with Gasteiger partial charge in [-0.3, -0.25) is 4.79 Å². The fourth-order valence-corrected chi connectivity index (χ4v) is 3.03. The number of carboxylic acids is 1. The molecule has 2 aromatic rings. The lowest BCUT2D eigenvalue weighted by Crippen LogP contribution is -2.25. The quantitative estimate of drug-likeness (QED) is 0.853. The summed E-state index contributed by atoms with van der Waals surface area (Å²) in [5.41, 5.74) is 3.17. The predicted octanol–water partition coefficient (Wildman–Crippen LogP) is 3.02. The number of nitrogens with zero attached hydrogens (tertiary/aromatic N) is 2. The number of aryl methyl sites for hydroxylation is 2. The average molecular weight is 270 g/mol. The van der Waals surface area contributed by atoms with Crippen LogP contribution in [0.4, 0.5) is 0 Å². The maximum atomic E-state index is 11.4. The molecule has 0 saturated heterocycles. The van der Waals surface area contributed by atoms with Crippen molar-refractivity contribution in [2.75, 3.05) is 0 Å². The average Bonchev–Trinajstić information content (AvgIpc) is 2.75. The van der Waals surface area contributed by atoms with Crippen LogP contribution < -0.4 is 0 Å². The second-order valence-corrected chi connectivity index (χ2v) is 5.52. The van der Waals surface area contributed by atoms with E-state index in [2.05, 4.69) is 18.2 Å². The zero-order valence-electron chi connectivity index (χ0n) is 11.7. The molecule has 1 N–H and O–H groups in total. The zero-order chi connectivity index (χ0) is 14.3. The van der Waals surface area contributed by atoms with Crippen LogP contribution in [0.1, 0.15) is 30.1 Å². The van der Waals surface area contributed by atoms with Crippen LogP contribution in [0.5, 0.6) is 0 Å². The Morgan fingerprint density at radius 3 is 2.85 bits per heavy atom. The third-order valence-electron chi connectivity index (χ3n) is 4.15. The van der Waals surface area contributed by atoms with E-state index in [0.29, 0.717) is 6.42 Å². The first kappa shape index (κ1) is 12.9. The van der Waals surface area contributed by atoms with Gasteiger partial charge in [0, 0.05) is 13.0 Å². The van der Waals surface area contributed by atoms with E-state index in [0.717, 1.165) is 23.3 Å². The SMILES string of the molecule is Cc1ccc2c(c1)nc([C@@H]1CC=CC[C@@H]1C(=O)O)n2C. The highest BCUT2D eigenvalue weighted by molar-refractivity contribution is 5.77. The predicted molar refractivity (Wildman–Crippen MR) is 77.7 cm³/mol. The Morgan fingerprint density at radius 1 is 1.35 bits per heavy atom.